The highest BCUT2D eigenvalue weighted by Gasteiger charge is 2.43. The monoisotopic (exact) mass is 482 g/mol. The summed E-state index contributed by atoms with van der Waals surface area (Å²) in [6.45, 7) is 8.50. The summed E-state index contributed by atoms with van der Waals surface area (Å²) in [6.07, 6.45) is 6.39. The number of nitrogens with one attached hydrogen (secondary N) is 1. The fraction of sp³-hybridized carbons (Fsp3) is 0.355. The highest BCUT2D eigenvalue weighted by molar-refractivity contribution is 6.00. The Balaban J connectivity index is 1.55. The Morgan fingerprint density at radius 2 is 1.81 bits per heavy atom. The van der Waals surface area contributed by atoms with Gasteiger partial charge in [0.2, 0.25) is 5.91 Å². The lowest BCUT2D eigenvalue weighted by Crippen LogP contribution is -2.37. The third-order valence-electron chi connectivity index (χ3n) is 7.19. The van der Waals surface area contributed by atoms with E-state index in [1.165, 1.54) is 0 Å². The van der Waals surface area contributed by atoms with Gasteiger partial charge in [-0.2, -0.15) is 0 Å². The molecule has 2 aromatic rings. The molecule has 5 rings (SSSR count). The zero-order chi connectivity index (χ0) is 25.4. The number of carbonyl (C=O) groups is 2. The van der Waals surface area contributed by atoms with Crippen LogP contribution in [-0.4, -0.2) is 16.6 Å². The molecule has 0 spiro atoms. The van der Waals surface area contributed by atoms with Gasteiger partial charge in [-0.15, -0.1) is 0 Å². The molecule has 2 unspecified atom stereocenters. The van der Waals surface area contributed by atoms with Gasteiger partial charge in [0.05, 0.1) is 17.4 Å². The van der Waals surface area contributed by atoms with Gasteiger partial charge in [0, 0.05) is 24.6 Å². The molecular formula is C31H34N2O3. The zero-order valence-corrected chi connectivity index (χ0v) is 21.5. The number of allylic oxidation sites excluding steroid dienone is 3. The van der Waals surface area contributed by atoms with Gasteiger partial charge < -0.3 is 10.1 Å². The molecule has 2 aromatic carbocycles. The summed E-state index contributed by atoms with van der Waals surface area (Å²) in [5.41, 5.74) is 5.27. The van der Waals surface area contributed by atoms with Crippen molar-refractivity contribution in [3.05, 3.63) is 101 Å². The van der Waals surface area contributed by atoms with E-state index < -0.39 is 6.04 Å². The van der Waals surface area contributed by atoms with Crippen molar-refractivity contribution in [2.75, 3.05) is 0 Å². The third-order valence-corrected chi connectivity index (χ3v) is 7.19. The summed E-state index contributed by atoms with van der Waals surface area (Å²) >= 11 is 0. The molecule has 1 N–H and O–H groups in total. The van der Waals surface area contributed by atoms with E-state index in [9.17, 15) is 9.59 Å². The van der Waals surface area contributed by atoms with E-state index in [-0.39, 0.29) is 17.1 Å². The average molecular weight is 483 g/mol. The standard InChI is InChI=1S/C31H34N2O3/c1-20-10-15-27-25(16-20)32-26-17-31(3,4)18-28(35)29(26)30(33(27)21(2)34)23-11-13-24(14-12-23)36-19-22-8-6-5-7-9-22/h5-9,11-16,20,30,32H,10,17-19H2,1-4H3. The number of nitrogens with zero attached hydrogens (tertiary/aromatic N) is 1. The van der Waals surface area contributed by atoms with Crippen LogP contribution in [0.3, 0.4) is 0 Å². The molecule has 5 heteroatoms. The van der Waals surface area contributed by atoms with Crippen molar-refractivity contribution in [2.45, 2.75) is 59.6 Å². The number of ether oxygens (including phenoxy) is 1. The Labute approximate surface area is 213 Å². The maximum absolute atomic E-state index is 13.6. The molecule has 0 saturated carbocycles. The van der Waals surface area contributed by atoms with E-state index in [0.717, 1.165) is 46.8 Å². The second-order valence-electron chi connectivity index (χ2n) is 11.0. The first kappa shape index (κ1) is 24.1. The number of hydrogen-bond acceptors (Lipinski definition) is 4. The summed E-state index contributed by atoms with van der Waals surface area (Å²) in [6, 6.07) is 17.4. The van der Waals surface area contributed by atoms with Crippen LogP contribution < -0.4 is 10.1 Å². The lowest BCUT2D eigenvalue weighted by Gasteiger charge is -2.37. The fourth-order valence-corrected chi connectivity index (χ4v) is 5.53. The third kappa shape index (κ3) is 4.75. The molecule has 1 aliphatic heterocycles. The maximum atomic E-state index is 13.6. The minimum atomic E-state index is -0.484. The SMILES string of the molecule is CC(=O)N1C2=CCC(C)C=C2NC2=C(C(=O)CC(C)(C)C2)C1c1ccc(OCc2ccccc2)cc1. The number of carbonyl (C=O) groups excluding carboxylic acids is 2. The van der Waals surface area contributed by atoms with Gasteiger partial charge in [0.1, 0.15) is 12.4 Å². The van der Waals surface area contributed by atoms with E-state index in [2.05, 4.69) is 38.2 Å². The number of hydrogen-bond donors (Lipinski definition) is 1. The summed E-state index contributed by atoms with van der Waals surface area (Å²) in [5, 5.41) is 3.60. The largest absolute Gasteiger partial charge is 0.489 e. The van der Waals surface area contributed by atoms with Crippen LogP contribution in [0.25, 0.3) is 0 Å². The molecular weight excluding hydrogens is 448 g/mol. The van der Waals surface area contributed by atoms with Gasteiger partial charge in [-0.05, 0) is 47.4 Å². The molecule has 0 saturated heterocycles. The van der Waals surface area contributed by atoms with Crippen molar-refractivity contribution < 1.29 is 14.3 Å². The molecule has 186 valence electrons. The predicted octanol–water partition coefficient (Wildman–Crippen LogP) is 6.21. The number of fused-ring (bicyclic) bond motifs is 1. The Kier molecular flexibility index (Phi) is 6.33. The van der Waals surface area contributed by atoms with Crippen molar-refractivity contribution in [3.8, 4) is 5.75 Å². The highest BCUT2D eigenvalue weighted by atomic mass is 16.5. The fourth-order valence-electron chi connectivity index (χ4n) is 5.53. The Hall–Kier alpha value is -3.60. The number of benzene rings is 2. The Morgan fingerprint density at radius 1 is 1.08 bits per heavy atom. The van der Waals surface area contributed by atoms with E-state index in [0.29, 0.717) is 24.5 Å². The molecule has 0 radical (unpaired) electrons. The average Bonchev–Trinajstić information content (AvgIpc) is 2.97. The molecule has 0 aromatic heterocycles. The van der Waals surface area contributed by atoms with Crippen molar-refractivity contribution in [1.29, 1.82) is 0 Å². The number of amides is 1. The molecule has 3 aliphatic rings. The smallest absolute Gasteiger partial charge is 0.224 e. The summed E-state index contributed by atoms with van der Waals surface area (Å²) < 4.78 is 5.99. The van der Waals surface area contributed by atoms with Crippen LogP contribution in [-0.2, 0) is 16.2 Å². The normalized spacial score (nSPS) is 23.0. The van der Waals surface area contributed by atoms with Crippen molar-refractivity contribution >= 4 is 11.7 Å². The van der Waals surface area contributed by atoms with Gasteiger partial charge in [0.25, 0.3) is 0 Å². The molecule has 1 amide bonds. The molecule has 36 heavy (non-hydrogen) atoms. The molecule has 0 fully saturated rings. The number of rotatable bonds is 4. The van der Waals surface area contributed by atoms with Crippen LogP contribution in [0.1, 0.15) is 64.1 Å². The van der Waals surface area contributed by atoms with Crippen LogP contribution in [0.5, 0.6) is 5.75 Å². The van der Waals surface area contributed by atoms with Crippen LogP contribution in [0.2, 0.25) is 0 Å². The first-order valence-corrected chi connectivity index (χ1v) is 12.7. The van der Waals surface area contributed by atoms with Crippen LogP contribution in [0.15, 0.2) is 89.4 Å². The van der Waals surface area contributed by atoms with E-state index in [1.54, 1.807) is 6.92 Å². The van der Waals surface area contributed by atoms with E-state index >= 15 is 0 Å². The summed E-state index contributed by atoms with van der Waals surface area (Å²) in [5.74, 6) is 1.13. The minimum Gasteiger partial charge on any atom is -0.489 e. The zero-order valence-electron chi connectivity index (χ0n) is 21.5. The van der Waals surface area contributed by atoms with Gasteiger partial charge in [-0.25, -0.2) is 0 Å². The van der Waals surface area contributed by atoms with Crippen LogP contribution in [0.4, 0.5) is 0 Å². The number of ketones is 1. The maximum Gasteiger partial charge on any atom is 0.224 e. The van der Waals surface area contributed by atoms with E-state index in [4.69, 9.17) is 4.74 Å². The molecule has 0 bridgehead atoms. The second-order valence-corrected chi connectivity index (χ2v) is 11.0. The van der Waals surface area contributed by atoms with E-state index in [1.807, 2.05) is 59.5 Å². The van der Waals surface area contributed by atoms with Crippen molar-refractivity contribution in [3.63, 3.8) is 0 Å². The molecule has 5 nitrogen and oxygen atoms in total. The van der Waals surface area contributed by atoms with Gasteiger partial charge in [-0.3, -0.25) is 14.5 Å². The predicted molar refractivity (Wildman–Crippen MR) is 141 cm³/mol. The summed E-state index contributed by atoms with van der Waals surface area (Å²) in [4.78, 5) is 28.6. The minimum absolute atomic E-state index is 0.0794. The quantitative estimate of drug-likeness (QED) is 0.563. The van der Waals surface area contributed by atoms with Gasteiger partial charge in [0.15, 0.2) is 5.78 Å². The Morgan fingerprint density at radius 3 is 2.50 bits per heavy atom. The highest BCUT2D eigenvalue weighted by Crippen LogP contribution is 2.47. The lowest BCUT2D eigenvalue weighted by atomic mass is 9.73. The first-order chi connectivity index (χ1) is 17.2. The summed E-state index contributed by atoms with van der Waals surface area (Å²) in [7, 11) is 0. The molecule has 2 aliphatic carbocycles. The Bertz CT molecular complexity index is 1270. The lowest BCUT2D eigenvalue weighted by molar-refractivity contribution is -0.128. The molecule has 2 atom stereocenters. The number of Topliss-reactive ketones (excluding diaryl/α,β-unsaturated/α-hetero) is 1. The van der Waals surface area contributed by atoms with Gasteiger partial charge >= 0.3 is 0 Å². The van der Waals surface area contributed by atoms with Crippen molar-refractivity contribution in [2.24, 2.45) is 11.3 Å². The molecule has 1 heterocycles. The van der Waals surface area contributed by atoms with Crippen LogP contribution in [0, 0.1) is 11.3 Å². The van der Waals surface area contributed by atoms with Crippen LogP contribution >= 0.6 is 0 Å². The first-order valence-electron chi connectivity index (χ1n) is 12.7. The van der Waals surface area contributed by atoms with Gasteiger partial charge in [-0.1, -0.05) is 75.4 Å². The topological polar surface area (TPSA) is 58.6 Å². The van der Waals surface area contributed by atoms with Crippen molar-refractivity contribution in [1.82, 2.24) is 10.2 Å². The second kappa shape index (κ2) is 9.45.